The summed E-state index contributed by atoms with van der Waals surface area (Å²) in [5.74, 6) is 0. The van der Waals surface area contributed by atoms with Crippen molar-refractivity contribution in [2.75, 3.05) is 0 Å². The summed E-state index contributed by atoms with van der Waals surface area (Å²) in [7, 11) is -2.77. The summed E-state index contributed by atoms with van der Waals surface area (Å²) in [4.78, 5) is 0. The second-order valence-corrected chi connectivity index (χ2v) is 22.2. The molecule has 0 spiro atoms. The van der Waals surface area contributed by atoms with E-state index in [4.69, 9.17) is 0 Å². The van der Waals surface area contributed by atoms with Crippen molar-refractivity contribution in [3.63, 3.8) is 0 Å². The maximum atomic E-state index is 2.48. The van der Waals surface area contributed by atoms with Gasteiger partial charge in [0.25, 0.3) is 0 Å². The Balaban J connectivity index is 0.970. The van der Waals surface area contributed by atoms with Gasteiger partial charge in [0, 0.05) is 49.4 Å². The first-order valence-electron chi connectivity index (χ1n) is 24.2. The molecule has 0 radical (unpaired) electrons. The molecule has 328 valence electrons. The highest BCUT2D eigenvalue weighted by atomic mass is 28.3. The highest BCUT2D eigenvalue weighted by Gasteiger charge is 2.41. The molecule has 0 aliphatic heterocycles. The zero-order valence-corrected chi connectivity index (χ0v) is 39.3. The Morgan fingerprint density at radius 2 is 0.657 bits per heavy atom. The minimum atomic E-state index is -2.77. The highest BCUT2D eigenvalue weighted by molar-refractivity contribution is 7.19. The Bertz CT molecular complexity index is 4180. The Morgan fingerprint density at radius 3 is 1.30 bits per heavy atom. The predicted molar refractivity (Wildman–Crippen MR) is 299 cm³/mol. The summed E-state index contributed by atoms with van der Waals surface area (Å²) in [5.41, 5.74) is 13.0. The monoisotopic (exact) mass is 907 g/mol. The van der Waals surface area contributed by atoms with Crippen LogP contribution in [0.2, 0.25) is 0 Å². The Kier molecular flexibility index (Phi) is 9.23. The van der Waals surface area contributed by atoms with E-state index in [0.29, 0.717) is 0 Å². The lowest BCUT2D eigenvalue weighted by atomic mass is 9.98. The lowest BCUT2D eigenvalue weighted by molar-refractivity contribution is 1.17. The third kappa shape index (κ3) is 6.00. The number of aromatic nitrogens is 3. The summed E-state index contributed by atoms with van der Waals surface area (Å²) >= 11 is 0. The summed E-state index contributed by atoms with van der Waals surface area (Å²) in [6.45, 7) is 0. The van der Waals surface area contributed by atoms with E-state index in [1.54, 1.807) is 0 Å². The molecule has 11 aromatic carbocycles. The molecule has 0 N–H and O–H groups in total. The molecule has 0 saturated heterocycles. The highest BCUT2D eigenvalue weighted by Crippen LogP contribution is 2.42. The van der Waals surface area contributed by atoms with Crippen molar-refractivity contribution in [1.29, 1.82) is 0 Å². The molecule has 0 fully saturated rings. The van der Waals surface area contributed by atoms with Crippen LogP contribution in [0.5, 0.6) is 0 Å². The minimum absolute atomic E-state index is 1.13. The van der Waals surface area contributed by atoms with Crippen molar-refractivity contribution in [3.05, 3.63) is 273 Å². The summed E-state index contributed by atoms with van der Waals surface area (Å²) in [6, 6.07) is 101. The van der Waals surface area contributed by atoms with Crippen LogP contribution in [-0.2, 0) is 0 Å². The third-order valence-corrected chi connectivity index (χ3v) is 19.5. The molecule has 70 heavy (non-hydrogen) atoms. The van der Waals surface area contributed by atoms with Gasteiger partial charge in [-0.25, -0.2) is 0 Å². The molecule has 0 saturated carbocycles. The standard InChI is InChI=1S/C66H45N3Si/c1-5-21-47(22-6-1)67-62-37-18-15-33-58(62)66-54(34-20-38-64(66)67)46-39-41-57-55-31-13-16-35-60(55)69(65(57)43-46)49-40-42-63-59(45-49)56-32-14-17-36-61(56)68(63)48-23-19-30-53(44-48)70(50-24-7-2-8-25-50,51-26-9-3-10-27-51)52-28-11-4-12-29-52/h1-45H. The number of para-hydroxylation sites is 4. The molecule has 0 amide bonds. The molecular weight excluding hydrogens is 863 g/mol. The largest absolute Gasteiger partial charge is 0.309 e. The number of benzene rings is 11. The molecule has 14 rings (SSSR count). The fourth-order valence-corrected chi connectivity index (χ4v) is 16.6. The van der Waals surface area contributed by atoms with Crippen LogP contribution >= 0.6 is 0 Å². The number of nitrogens with zero attached hydrogens (tertiary/aromatic N) is 3. The normalized spacial score (nSPS) is 12.0. The average Bonchev–Trinajstić information content (AvgIpc) is 4.08. The number of fused-ring (bicyclic) bond motifs is 9. The zero-order chi connectivity index (χ0) is 46.2. The summed E-state index contributed by atoms with van der Waals surface area (Å²) in [5, 5.41) is 12.9. The second-order valence-electron chi connectivity index (χ2n) is 18.4. The van der Waals surface area contributed by atoms with Gasteiger partial charge in [0.15, 0.2) is 8.07 Å². The number of hydrogen-bond acceptors (Lipinski definition) is 0. The van der Waals surface area contributed by atoms with Gasteiger partial charge in [0.1, 0.15) is 0 Å². The summed E-state index contributed by atoms with van der Waals surface area (Å²) in [6.07, 6.45) is 0. The lowest BCUT2D eigenvalue weighted by Gasteiger charge is -2.34. The van der Waals surface area contributed by atoms with Crippen molar-refractivity contribution < 1.29 is 0 Å². The fraction of sp³-hybridized carbons (Fsp3) is 0. The van der Waals surface area contributed by atoms with Crippen LogP contribution in [-0.4, -0.2) is 21.8 Å². The van der Waals surface area contributed by atoms with Gasteiger partial charge in [0.05, 0.1) is 33.1 Å². The van der Waals surface area contributed by atoms with E-state index in [1.807, 2.05) is 0 Å². The van der Waals surface area contributed by atoms with E-state index in [-0.39, 0.29) is 0 Å². The first-order chi connectivity index (χ1) is 34.8. The van der Waals surface area contributed by atoms with Gasteiger partial charge in [-0.1, -0.05) is 200 Å². The van der Waals surface area contributed by atoms with Crippen LogP contribution in [0.25, 0.3) is 93.6 Å². The quantitative estimate of drug-likeness (QED) is 0.107. The molecule has 0 unspecified atom stereocenters. The Labute approximate surface area is 407 Å². The second kappa shape index (κ2) is 16.1. The first kappa shape index (κ1) is 40.1. The van der Waals surface area contributed by atoms with E-state index < -0.39 is 8.07 Å². The predicted octanol–water partition coefficient (Wildman–Crippen LogP) is 14.0. The Hall–Kier alpha value is -8.96. The van der Waals surface area contributed by atoms with E-state index in [1.165, 1.54) is 97.3 Å². The van der Waals surface area contributed by atoms with Gasteiger partial charge >= 0.3 is 0 Å². The van der Waals surface area contributed by atoms with Crippen molar-refractivity contribution in [1.82, 2.24) is 13.7 Å². The summed E-state index contributed by atoms with van der Waals surface area (Å²) < 4.78 is 7.36. The molecule has 0 aliphatic carbocycles. The van der Waals surface area contributed by atoms with Crippen LogP contribution in [0.15, 0.2) is 273 Å². The maximum Gasteiger partial charge on any atom is 0.179 e. The topological polar surface area (TPSA) is 14.8 Å². The molecule has 0 atom stereocenters. The van der Waals surface area contributed by atoms with Crippen LogP contribution in [0.1, 0.15) is 0 Å². The molecule has 3 nitrogen and oxygen atoms in total. The molecule has 3 heterocycles. The van der Waals surface area contributed by atoms with E-state index in [0.717, 1.165) is 17.1 Å². The smallest absolute Gasteiger partial charge is 0.179 e. The van der Waals surface area contributed by atoms with Crippen LogP contribution in [0.4, 0.5) is 0 Å². The van der Waals surface area contributed by atoms with E-state index in [2.05, 4.69) is 287 Å². The van der Waals surface area contributed by atoms with E-state index in [9.17, 15) is 0 Å². The molecular formula is C66H45N3Si. The lowest BCUT2D eigenvalue weighted by Crippen LogP contribution is -2.74. The molecule has 0 bridgehead atoms. The van der Waals surface area contributed by atoms with Gasteiger partial charge in [-0.2, -0.15) is 0 Å². The molecule has 3 aromatic heterocycles. The van der Waals surface area contributed by atoms with Gasteiger partial charge in [-0.3, -0.25) is 0 Å². The fourth-order valence-electron chi connectivity index (χ4n) is 11.9. The van der Waals surface area contributed by atoms with Gasteiger partial charge < -0.3 is 13.7 Å². The van der Waals surface area contributed by atoms with Crippen molar-refractivity contribution in [3.8, 4) is 28.2 Å². The average molecular weight is 908 g/mol. The maximum absolute atomic E-state index is 2.77. The molecule has 0 aliphatic rings. The first-order valence-corrected chi connectivity index (χ1v) is 26.2. The van der Waals surface area contributed by atoms with Crippen molar-refractivity contribution >= 4 is 94.2 Å². The van der Waals surface area contributed by atoms with Crippen LogP contribution in [0, 0.1) is 0 Å². The van der Waals surface area contributed by atoms with Gasteiger partial charge in [-0.05, 0) is 105 Å². The number of rotatable bonds is 8. The third-order valence-electron chi connectivity index (χ3n) is 14.8. The molecule has 14 aromatic rings. The van der Waals surface area contributed by atoms with Crippen molar-refractivity contribution in [2.24, 2.45) is 0 Å². The van der Waals surface area contributed by atoms with Gasteiger partial charge in [-0.15, -0.1) is 0 Å². The molecule has 4 heteroatoms. The zero-order valence-electron chi connectivity index (χ0n) is 38.3. The van der Waals surface area contributed by atoms with Crippen molar-refractivity contribution in [2.45, 2.75) is 0 Å². The minimum Gasteiger partial charge on any atom is -0.309 e. The SMILES string of the molecule is c1ccc(-n2c3ccccc3c3c(-c4ccc5c6ccccc6n(-c6ccc7c(c6)c6ccccc6n7-c6cccc([Si](c7ccccc7)(c7ccccc7)c7ccccc7)c6)c5c4)cccc32)cc1. The van der Waals surface area contributed by atoms with Gasteiger partial charge in [0.2, 0.25) is 0 Å². The Morgan fingerprint density at radius 1 is 0.229 bits per heavy atom. The van der Waals surface area contributed by atoms with Crippen LogP contribution < -0.4 is 20.7 Å². The van der Waals surface area contributed by atoms with E-state index >= 15 is 0 Å². The number of hydrogen-bond donors (Lipinski definition) is 0. The van der Waals surface area contributed by atoms with Crippen LogP contribution in [0.3, 0.4) is 0 Å².